The van der Waals surface area contributed by atoms with Gasteiger partial charge in [-0.15, -0.1) is 0 Å². The third kappa shape index (κ3) is 3.96. The van der Waals surface area contributed by atoms with Crippen LogP contribution in [0.5, 0.6) is 0 Å². The van der Waals surface area contributed by atoms with Gasteiger partial charge >= 0.3 is 5.97 Å². The van der Waals surface area contributed by atoms with E-state index in [0.29, 0.717) is 28.0 Å². The molecule has 0 radical (unpaired) electrons. The molecular weight excluding hydrogens is 326 g/mol. The van der Waals surface area contributed by atoms with Crippen molar-refractivity contribution in [3.05, 3.63) is 0 Å². The predicted molar refractivity (Wildman–Crippen MR) is 104 cm³/mol. The van der Waals surface area contributed by atoms with Gasteiger partial charge in [-0.2, -0.15) is 0 Å². The van der Waals surface area contributed by atoms with Gasteiger partial charge in [0.05, 0.1) is 26.8 Å². The van der Waals surface area contributed by atoms with Gasteiger partial charge < -0.3 is 14.0 Å². The smallest absolute Gasteiger partial charge is 0.362 e. The van der Waals surface area contributed by atoms with E-state index >= 15 is 0 Å². The maximum Gasteiger partial charge on any atom is 0.362 e. The number of nitrogens with zero attached hydrogens (tertiary/aromatic N) is 1. The van der Waals surface area contributed by atoms with Crippen LogP contribution in [0.25, 0.3) is 0 Å². The van der Waals surface area contributed by atoms with E-state index in [9.17, 15) is 4.79 Å². The van der Waals surface area contributed by atoms with E-state index < -0.39 is 0 Å². The lowest BCUT2D eigenvalue weighted by Gasteiger charge is -2.39. The Balaban J connectivity index is 1.42. The van der Waals surface area contributed by atoms with Gasteiger partial charge in [0.2, 0.25) is 0 Å². The molecule has 0 aromatic rings. The fraction of sp³-hybridized carbons (Fsp3) is 0.955. The first kappa shape index (κ1) is 20.1. The molecule has 0 saturated heterocycles. The first-order valence-corrected chi connectivity index (χ1v) is 10.8. The van der Waals surface area contributed by atoms with Crippen LogP contribution in [0.15, 0.2) is 0 Å². The largest absolute Gasteiger partial charge is 0.458 e. The highest BCUT2D eigenvalue weighted by molar-refractivity contribution is 5.70. The third-order valence-corrected chi connectivity index (χ3v) is 8.14. The van der Waals surface area contributed by atoms with Crippen molar-refractivity contribution in [2.75, 3.05) is 33.8 Å². The Bertz CT molecular complexity index is 510. The van der Waals surface area contributed by atoms with Gasteiger partial charge in [0.25, 0.3) is 0 Å². The van der Waals surface area contributed by atoms with Crippen molar-refractivity contribution in [2.45, 2.75) is 84.3 Å². The Hall–Kier alpha value is -0.610. The summed E-state index contributed by atoms with van der Waals surface area (Å²) in [6.07, 6.45) is 10.2. The summed E-state index contributed by atoms with van der Waals surface area (Å²) in [5.41, 5.74) is 0.709. The number of carbonyl (C=O) groups excluding carboxylic acids is 1. The Labute approximate surface area is 160 Å². The number of ether oxygens (including phenoxy) is 2. The van der Waals surface area contributed by atoms with E-state index in [1.165, 1.54) is 38.5 Å². The second-order valence-electron chi connectivity index (χ2n) is 10.5. The van der Waals surface area contributed by atoms with Crippen molar-refractivity contribution >= 4 is 5.97 Å². The molecule has 0 aromatic heterocycles. The first-order chi connectivity index (χ1) is 12.1. The van der Waals surface area contributed by atoms with Gasteiger partial charge in [0.1, 0.15) is 12.6 Å². The lowest BCUT2D eigenvalue weighted by Crippen LogP contribution is -2.48. The molecule has 3 aliphatic carbocycles. The van der Waals surface area contributed by atoms with E-state index in [0.717, 1.165) is 31.9 Å². The molecule has 3 saturated carbocycles. The van der Waals surface area contributed by atoms with Crippen LogP contribution in [-0.4, -0.2) is 56.5 Å². The van der Waals surface area contributed by atoms with E-state index in [4.69, 9.17) is 9.47 Å². The minimum absolute atomic E-state index is 0.0464. The average molecular weight is 367 g/mol. The monoisotopic (exact) mass is 366 g/mol. The van der Waals surface area contributed by atoms with Crippen LogP contribution in [0.4, 0.5) is 0 Å². The van der Waals surface area contributed by atoms with E-state index in [2.05, 4.69) is 34.9 Å². The maximum absolute atomic E-state index is 12.3. The molecule has 26 heavy (non-hydrogen) atoms. The Kier molecular flexibility index (Phi) is 5.75. The first-order valence-electron chi connectivity index (χ1n) is 10.8. The Morgan fingerprint density at radius 1 is 1.08 bits per heavy atom. The summed E-state index contributed by atoms with van der Waals surface area (Å²) in [6, 6.07) is 0. The van der Waals surface area contributed by atoms with Gasteiger partial charge in [0, 0.05) is 0 Å². The summed E-state index contributed by atoms with van der Waals surface area (Å²) in [4.78, 5) is 12.3. The number of hydrogen-bond donors (Lipinski definition) is 0. The van der Waals surface area contributed by atoms with Crippen molar-refractivity contribution in [1.82, 2.24) is 0 Å². The number of carbonyl (C=O) groups is 1. The van der Waals surface area contributed by atoms with Crippen molar-refractivity contribution in [1.29, 1.82) is 0 Å². The van der Waals surface area contributed by atoms with E-state index in [1.807, 2.05) is 0 Å². The highest BCUT2D eigenvalue weighted by Gasteiger charge is 2.61. The molecule has 0 aromatic carbocycles. The highest BCUT2D eigenvalue weighted by Crippen LogP contribution is 2.66. The molecule has 3 atom stereocenters. The molecule has 3 rings (SSSR count). The van der Waals surface area contributed by atoms with Crippen molar-refractivity contribution in [2.24, 2.45) is 16.7 Å². The van der Waals surface area contributed by atoms with Gasteiger partial charge in [-0.05, 0) is 61.7 Å². The zero-order chi connectivity index (χ0) is 19.0. The summed E-state index contributed by atoms with van der Waals surface area (Å²) in [7, 11) is 4.22. The molecule has 0 N–H and O–H groups in total. The second kappa shape index (κ2) is 7.43. The molecule has 0 aliphatic heterocycles. The molecule has 0 unspecified atom stereocenters. The molecule has 4 nitrogen and oxygen atoms in total. The zero-order valence-electron chi connectivity index (χ0n) is 17.7. The normalized spacial score (nSPS) is 34.2. The van der Waals surface area contributed by atoms with Crippen LogP contribution in [0, 0.1) is 16.7 Å². The number of rotatable bonds is 7. The molecular formula is C22H40NO3+. The van der Waals surface area contributed by atoms with E-state index in [1.54, 1.807) is 0 Å². The van der Waals surface area contributed by atoms with Crippen LogP contribution in [-0.2, 0) is 14.3 Å². The molecule has 3 fully saturated rings. The van der Waals surface area contributed by atoms with Gasteiger partial charge in [-0.1, -0.05) is 27.2 Å². The SMILES string of the molecule is CC1(C)[C@@H]2CC[C@@]1(C)[C@H](OCC[N+](C)(C)CC(=O)OC1CCCCC1)C2. The molecule has 3 aliphatic rings. The minimum atomic E-state index is -0.0464. The highest BCUT2D eigenvalue weighted by atomic mass is 16.5. The summed E-state index contributed by atoms with van der Waals surface area (Å²) < 4.78 is 12.7. The summed E-state index contributed by atoms with van der Waals surface area (Å²) in [5.74, 6) is 0.764. The molecule has 0 spiro atoms. The fourth-order valence-electron chi connectivity index (χ4n) is 5.66. The average Bonchev–Trinajstić information content (AvgIpc) is 2.88. The lowest BCUT2D eigenvalue weighted by atomic mass is 9.70. The van der Waals surface area contributed by atoms with Gasteiger partial charge in [-0.3, -0.25) is 0 Å². The molecule has 0 amide bonds. The summed E-state index contributed by atoms with van der Waals surface area (Å²) >= 11 is 0. The second-order valence-corrected chi connectivity index (χ2v) is 10.5. The quantitative estimate of drug-likeness (QED) is 0.501. The van der Waals surface area contributed by atoms with Crippen LogP contribution in [0.3, 0.4) is 0 Å². The Morgan fingerprint density at radius 3 is 2.35 bits per heavy atom. The minimum Gasteiger partial charge on any atom is -0.458 e. The maximum atomic E-state index is 12.3. The van der Waals surface area contributed by atoms with Crippen molar-refractivity contribution in [3.8, 4) is 0 Å². The van der Waals surface area contributed by atoms with Crippen LogP contribution >= 0.6 is 0 Å². The molecule has 0 heterocycles. The molecule has 4 heteroatoms. The number of hydrogen-bond acceptors (Lipinski definition) is 3. The van der Waals surface area contributed by atoms with Crippen LogP contribution < -0.4 is 0 Å². The fourth-order valence-corrected chi connectivity index (χ4v) is 5.66. The molecule has 150 valence electrons. The predicted octanol–water partition coefficient (Wildman–Crippen LogP) is 4.17. The summed E-state index contributed by atoms with van der Waals surface area (Å²) in [5, 5.41) is 0. The van der Waals surface area contributed by atoms with Crippen molar-refractivity contribution in [3.63, 3.8) is 0 Å². The van der Waals surface area contributed by atoms with Gasteiger partial charge in [0.15, 0.2) is 6.54 Å². The van der Waals surface area contributed by atoms with Crippen LogP contribution in [0.1, 0.15) is 72.1 Å². The lowest BCUT2D eigenvalue weighted by molar-refractivity contribution is -0.883. The van der Waals surface area contributed by atoms with Gasteiger partial charge in [-0.25, -0.2) is 4.79 Å². The third-order valence-electron chi connectivity index (χ3n) is 8.14. The molecule has 2 bridgehead atoms. The number of likely N-dealkylation sites (N-methyl/N-ethyl adjacent to an activating group) is 1. The zero-order valence-corrected chi connectivity index (χ0v) is 17.7. The standard InChI is InChI=1S/C22H40NO3/c1-21(2)17-11-12-22(21,3)19(15-17)25-14-13-23(4,5)16-20(24)26-18-9-7-6-8-10-18/h17-19H,6-16H2,1-5H3/q+1/t17-,19-,22+/m1/s1. The number of quaternary nitrogens is 1. The van der Waals surface area contributed by atoms with Crippen molar-refractivity contribution < 1.29 is 18.8 Å². The van der Waals surface area contributed by atoms with E-state index in [-0.39, 0.29) is 12.1 Å². The topological polar surface area (TPSA) is 35.5 Å². The van der Waals surface area contributed by atoms with Crippen LogP contribution in [0.2, 0.25) is 0 Å². The number of fused-ring (bicyclic) bond motifs is 2. The Morgan fingerprint density at radius 2 is 1.77 bits per heavy atom. The number of esters is 1. The summed E-state index contributed by atoms with van der Waals surface area (Å²) in [6.45, 7) is 9.30.